The summed E-state index contributed by atoms with van der Waals surface area (Å²) in [4.78, 5) is 82.7. The van der Waals surface area contributed by atoms with Crippen LogP contribution in [0.15, 0.2) is 55.3 Å². The highest BCUT2D eigenvalue weighted by atomic mass is 16.5. The van der Waals surface area contributed by atoms with E-state index in [1.54, 1.807) is 30.2 Å². The van der Waals surface area contributed by atoms with Crippen molar-refractivity contribution in [3.8, 4) is 11.3 Å². The highest BCUT2D eigenvalue weighted by Crippen LogP contribution is 2.46. The van der Waals surface area contributed by atoms with Crippen molar-refractivity contribution in [1.29, 1.82) is 0 Å². The van der Waals surface area contributed by atoms with Crippen molar-refractivity contribution in [3.05, 3.63) is 72.1 Å². The summed E-state index contributed by atoms with van der Waals surface area (Å²) in [6.45, 7) is 23.3. The zero-order chi connectivity index (χ0) is 51.9. The summed E-state index contributed by atoms with van der Waals surface area (Å²) in [6.07, 6.45) is 8.53. The van der Waals surface area contributed by atoms with Gasteiger partial charge in [-0.25, -0.2) is 10.2 Å². The molecule has 5 atom stereocenters. The van der Waals surface area contributed by atoms with Crippen LogP contribution < -0.4 is 10.7 Å². The minimum Gasteiger partial charge on any atom is -0.464 e. The summed E-state index contributed by atoms with van der Waals surface area (Å²) in [7, 11) is 3.34. The fourth-order valence-electron chi connectivity index (χ4n) is 11.9. The zero-order valence-electron chi connectivity index (χ0n) is 44.2. The molecule has 6 bridgehead atoms. The van der Waals surface area contributed by atoms with Gasteiger partial charge in [-0.2, -0.15) is 0 Å². The van der Waals surface area contributed by atoms with Crippen molar-refractivity contribution < 1.29 is 38.2 Å². The molecule has 17 nitrogen and oxygen atoms in total. The minimum absolute atomic E-state index is 0.144. The average Bonchev–Trinajstić information content (AvgIpc) is 3.81. The Kier molecular flexibility index (Phi) is 15.4. The second kappa shape index (κ2) is 21.1. The Morgan fingerprint density at radius 1 is 1.07 bits per heavy atom. The number of ether oxygens (including phenoxy) is 3. The van der Waals surface area contributed by atoms with Crippen LogP contribution in [0.4, 0.5) is 4.79 Å². The van der Waals surface area contributed by atoms with Crippen LogP contribution in [0.25, 0.3) is 27.7 Å². The van der Waals surface area contributed by atoms with E-state index in [-0.39, 0.29) is 49.7 Å². The number of carbonyl (C=O) groups is 5. The number of fused-ring (bicyclic) bond motifs is 6. The molecule has 5 aliphatic heterocycles. The topological polar surface area (TPSA) is 171 Å². The molecule has 7 heterocycles. The molecule has 5 amide bonds. The quantitative estimate of drug-likeness (QED) is 0.182. The fraction of sp³-hybridized carbons (Fsp3) is 0.600. The molecule has 3 fully saturated rings. The number of carbonyl (C=O) groups excluding carboxylic acids is 5. The normalized spacial score (nSPS) is 24.1. The van der Waals surface area contributed by atoms with Crippen LogP contribution in [0.3, 0.4) is 0 Å². The summed E-state index contributed by atoms with van der Waals surface area (Å²) >= 11 is 0. The molecule has 5 aliphatic rings. The third-order valence-electron chi connectivity index (χ3n) is 16.1. The number of esters is 1. The van der Waals surface area contributed by atoms with E-state index >= 15 is 0 Å². The van der Waals surface area contributed by atoms with Crippen LogP contribution >= 0.6 is 0 Å². The highest BCUT2D eigenvalue weighted by Gasteiger charge is 2.57. The van der Waals surface area contributed by atoms with Gasteiger partial charge in [0.25, 0.3) is 5.91 Å². The van der Waals surface area contributed by atoms with Crippen molar-refractivity contribution in [2.45, 2.75) is 136 Å². The third kappa shape index (κ3) is 10.1. The predicted molar refractivity (Wildman–Crippen MR) is 276 cm³/mol. The van der Waals surface area contributed by atoms with E-state index in [1.165, 1.54) is 16.0 Å². The Morgan fingerprint density at radius 2 is 1.82 bits per heavy atom. The molecule has 390 valence electrons. The number of rotatable bonds is 9. The molecule has 0 saturated carbocycles. The minimum atomic E-state index is -1.02. The lowest BCUT2D eigenvalue weighted by Gasteiger charge is -2.48. The van der Waals surface area contributed by atoms with Crippen molar-refractivity contribution in [3.63, 3.8) is 0 Å². The third-order valence-corrected chi connectivity index (χ3v) is 16.1. The summed E-state index contributed by atoms with van der Waals surface area (Å²) in [6, 6.07) is 7.74. The molecule has 8 rings (SSSR count). The van der Waals surface area contributed by atoms with Gasteiger partial charge >= 0.3 is 12.0 Å². The molecule has 0 radical (unpaired) electrons. The van der Waals surface area contributed by atoms with Crippen LogP contribution in [0.2, 0.25) is 0 Å². The first-order valence-electron chi connectivity index (χ1n) is 25.9. The van der Waals surface area contributed by atoms with Crippen molar-refractivity contribution >= 4 is 46.2 Å². The largest absolute Gasteiger partial charge is 0.464 e. The number of likely N-dealkylation sites (tertiary alicyclic amines) is 1. The number of nitrogens with zero attached hydrogens (tertiary/aromatic N) is 7. The standard InChI is InChI=1S/C55H77N9O8/c1-12-45(65)63-34-72-55(54(63,8)9)22-27-61(28-23-55)52(69)59(10)47(35(3)4)49(66)57-43-32-60-25-15-17-38(31-60)37-20-21-44-40(29-37)41(48(62(44)13-2)39-18-14-24-56-46(39)36(5)70-11)30-53(6,7)33-71-51(68)42-19-16-26-64(58-42)50(43)67/h12,14,17-18,20-21,24,29,35-36,42-43,47,58H,1,13,15-16,19,22-23,25-28,30-34H2,2-11H3,(H,57,66)/t36-,42-,43-,47-/m0/s1. The van der Waals surface area contributed by atoms with Gasteiger partial charge in [-0.3, -0.25) is 34.1 Å². The molecule has 72 heavy (non-hydrogen) atoms. The number of urea groups is 1. The summed E-state index contributed by atoms with van der Waals surface area (Å²) in [5, 5.41) is 5.72. The van der Waals surface area contributed by atoms with E-state index in [2.05, 4.69) is 77.9 Å². The van der Waals surface area contributed by atoms with Crippen molar-refractivity contribution in [2.24, 2.45) is 11.3 Å². The van der Waals surface area contributed by atoms with E-state index in [1.807, 2.05) is 40.7 Å². The Bertz CT molecular complexity index is 2590. The molecule has 1 spiro atoms. The molecular weight excluding hydrogens is 915 g/mol. The molecule has 3 saturated heterocycles. The fourth-order valence-corrected chi connectivity index (χ4v) is 11.9. The molecule has 17 heteroatoms. The van der Waals surface area contributed by atoms with Gasteiger partial charge in [0.1, 0.15) is 24.9 Å². The van der Waals surface area contributed by atoms with E-state index in [4.69, 9.17) is 19.2 Å². The van der Waals surface area contributed by atoms with Crippen molar-refractivity contribution in [1.82, 2.24) is 44.9 Å². The first kappa shape index (κ1) is 52.7. The Labute approximate surface area is 425 Å². The average molecular weight is 992 g/mol. The number of amides is 5. The Hall–Kier alpha value is -5.62. The molecule has 1 aromatic carbocycles. The van der Waals surface area contributed by atoms with Gasteiger partial charge in [-0.15, -0.1) is 0 Å². The second-order valence-corrected chi connectivity index (χ2v) is 22.1. The number of pyridine rings is 1. The number of likely N-dealkylation sites (N-methyl/N-ethyl adjacent to an activating group) is 1. The molecule has 0 aliphatic carbocycles. The molecule has 1 unspecified atom stereocenters. The van der Waals surface area contributed by atoms with E-state index < -0.39 is 46.6 Å². The number of hydrogen-bond donors (Lipinski definition) is 2. The van der Waals surface area contributed by atoms with Crippen molar-refractivity contribution in [2.75, 3.05) is 66.8 Å². The Morgan fingerprint density at radius 3 is 2.51 bits per heavy atom. The maximum Gasteiger partial charge on any atom is 0.324 e. The molecule has 2 aromatic heterocycles. The molecular formula is C55H77N9O8. The zero-order valence-corrected chi connectivity index (χ0v) is 44.2. The lowest BCUT2D eigenvalue weighted by atomic mass is 9.75. The van der Waals surface area contributed by atoms with Gasteiger partial charge in [-0.05, 0) is 119 Å². The first-order chi connectivity index (χ1) is 34.2. The highest BCUT2D eigenvalue weighted by molar-refractivity contribution is 5.95. The van der Waals surface area contributed by atoms with E-state index in [9.17, 15) is 24.0 Å². The summed E-state index contributed by atoms with van der Waals surface area (Å²) < 4.78 is 20.7. The van der Waals surface area contributed by atoms with Gasteiger partial charge in [0.05, 0.1) is 35.2 Å². The number of cyclic esters (lactones) is 1. The summed E-state index contributed by atoms with van der Waals surface area (Å²) in [5.74, 6) is -1.75. The van der Waals surface area contributed by atoms with Crippen LogP contribution in [-0.4, -0.2) is 160 Å². The number of piperidine rings is 1. The molecule has 2 N–H and O–H groups in total. The van der Waals surface area contributed by atoms with Gasteiger partial charge < -0.3 is 38.8 Å². The number of methoxy groups -OCH3 is 1. The summed E-state index contributed by atoms with van der Waals surface area (Å²) in [5.41, 5.74) is 8.80. The van der Waals surface area contributed by atoms with Gasteiger partial charge in [0, 0.05) is 88.0 Å². The predicted octanol–water partition coefficient (Wildman–Crippen LogP) is 6.32. The number of hydrogen-bond acceptors (Lipinski definition) is 11. The number of aromatic nitrogens is 2. The van der Waals surface area contributed by atoms with Gasteiger partial charge in [-0.1, -0.05) is 46.4 Å². The maximum absolute atomic E-state index is 14.9. The Balaban J connectivity index is 1.09. The lowest BCUT2D eigenvalue weighted by molar-refractivity contribution is -0.155. The smallest absolute Gasteiger partial charge is 0.324 e. The van der Waals surface area contributed by atoms with Crippen LogP contribution in [-0.2, 0) is 46.4 Å². The lowest BCUT2D eigenvalue weighted by Crippen LogP contribution is -2.64. The number of hydrazine groups is 1. The maximum atomic E-state index is 14.9. The monoisotopic (exact) mass is 992 g/mol. The van der Waals surface area contributed by atoms with E-state index in [0.717, 1.165) is 51.0 Å². The second-order valence-electron chi connectivity index (χ2n) is 22.1. The number of benzene rings is 1. The molecule has 3 aromatic rings. The van der Waals surface area contributed by atoms with Crippen LogP contribution in [0.5, 0.6) is 0 Å². The number of aryl methyl sites for hydroxylation is 1. The van der Waals surface area contributed by atoms with Gasteiger partial charge in [0.15, 0.2) is 0 Å². The number of nitrogens with one attached hydrogen (secondary N) is 2. The first-order valence-corrected chi connectivity index (χ1v) is 25.9. The SMILES string of the molecule is C=CC(=O)N1COC2(CCN(C(=O)N(C)[C@H](C(=O)N[C@H]3CN4CCC=C(C4)c4ccc5c(c4)c(c(-c4cccnc4[C@H](C)OC)n5CC)CC(C)(C)COC(=O)[C@@H]4CCCN(N4)C3=O)C(C)C)CC2)C1(C)C. The van der Waals surface area contributed by atoms with Crippen LogP contribution in [0, 0.1) is 11.3 Å². The van der Waals surface area contributed by atoms with E-state index in [0.29, 0.717) is 71.4 Å². The van der Waals surface area contributed by atoms with Crippen LogP contribution in [0.1, 0.15) is 110 Å². The van der Waals surface area contributed by atoms with Gasteiger partial charge in [0.2, 0.25) is 11.8 Å².